The molecule has 4 heterocycles. The van der Waals surface area contributed by atoms with Crippen LogP contribution in [0.25, 0.3) is 0 Å². The number of hydrogen-bond donors (Lipinski definition) is 3. The highest BCUT2D eigenvalue weighted by Crippen LogP contribution is 2.36. The van der Waals surface area contributed by atoms with Crippen LogP contribution in [-0.2, 0) is 20.9 Å². The number of carbonyl (C=O) groups is 2. The largest absolute Gasteiger partial charge is 0.490 e. The van der Waals surface area contributed by atoms with E-state index in [4.69, 9.17) is 24.5 Å². The number of nitrogens with one attached hydrogen (secondary N) is 1. The molecule has 0 bridgehead atoms. The van der Waals surface area contributed by atoms with Crippen LogP contribution in [0.2, 0.25) is 0 Å². The van der Waals surface area contributed by atoms with Gasteiger partial charge in [-0.05, 0) is 36.9 Å². The molecule has 2 aliphatic rings. The summed E-state index contributed by atoms with van der Waals surface area (Å²) >= 11 is 1.84. The van der Waals surface area contributed by atoms with E-state index in [-0.39, 0.29) is 5.60 Å². The Morgan fingerprint density at radius 3 is 2.22 bits per heavy atom. The molecule has 9 nitrogen and oxygen atoms in total. The number of nitrogens with zero attached hydrogens (tertiary/aromatic N) is 3. The van der Waals surface area contributed by atoms with Gasteiger partial charge in [-0.3, -0.25) is 4.90 Å². The molecule has 0 amide bonds. The van der Waals surface area contributed by atoms with Crippen LogP contribution in [0.5, 0.6) is 0 Å². The van der Waals surface area contributed by atoms with Crippen molar-refractivity contribution >= 4 is 29.2 Å². The zero-order valence-corrected chi connectivity index (χ0v) is 19.9. The number of alkyl halides is 6. The summed E-state index contributed by atoms with van der Waals surface area (Å²) in [7, 11) is 0. The third kappa shape index (κ3) is 10.5. The fraction of sp³-hybridized carbons (Fsp3) is 0.524. The lowest BCUT2D eigenvalue weighted by molar-refractivity contribution is -0.193. The molecule has 37 heavy (non-hydrogen) atoms. The molecule has 2 atom stereocenters. The van der Waals surface area contributed by atoms with Crippen molar-refractivity contribution < 1.29 is 50.9 Å². The van der Waals surface area contributed by atoms with Gasteiger partial charge in [0.1, 0.15) is 0 Å². The van der Waals surface area contributed by atoms with Gasteiger partial charge in [-0.15, -0.1) is 11.3 Å². The Kier molecular flexibility index (Phi) is 10.6. The summed E-state index contributed by atoms with van der Waals surface area (Å²) in [6.45, 7) is 3.98. The Morgan fingerprint density at radius 2 is 1.70 bits per heavy atom. The van der Waals surface area contributed by atoms with E-state index in [1.165, 1.54) is 17.8 Å². The first kappa shape index (κ1) is 30.2. The Labute approximate surface area is 211 Å². The maximum atomic E-state index is 10.6. The number of piperidine rings is 1. The van der Waals surface area contributed by atoms with Crippen molar-refractivity contribution in [2.75, 3.05) is 25.0 Å². The second-order valence-corrected chi connectivity index (χ2v) is 9.14. The zero-order chi connectivity index (χ0) is 27.7. The number of halogens is 6. The van der Waals surface area contributed by atoms with E-state index >= 15 is 0 Å². The topological polar surface area (TPSA) is 125 Å². The van der Waals surface area contributed by atoms with Crippen molar-refractivity contribution in [2.45, 2.75) is 49.8 Å². The summed E-state index contributed by atoms with van der Waals surface area (Å²) in [5, 5.41) is 19.8. The summed E-state index contributed by atoms with van der Waals surface area (Å²) in [5.41, 5.74) is 0.00194. The molecule has 4 rings (SSSR count). The third-order valence-electron chi connectivity index (χ3n) is 5.17. The molecule has 2 saturated heterocycles. The van der Waals surface area contributed by atoms with Crippen molar-refractivity contribution in [3.05, 3.63) is 40.8 Å². The van der Waals surface area contributed by atoms with E-state index in [2.05, 4.69) is 37.7 Å². The Bertz CT molecular complexity index is 970. The minimum atomic E-state index is -5.08. The average molecular weight is 559 g/mol. The average Bonchev–Trinajstić information content (AvgIpc) is 3.44. The number of thiophene rings is 1. The summed E-state index contributed by atoms with van der Waals surface area (Å²) in [6, 6.07) is 6.49. The summed E-state index contributed by atoms with van der Waals surface area (Å²) < 4.78 is 69.7. The molecule has 2 unspecified atom stereocenters. The van der Waals surface area contributed by atoms with E-state index < -0.39 is 24.3 Å². The lowest BCUT2D eigenvalue weighted by Crippen LogP contribution is -2.47. The highest BCUT2D eigenvalue weighted by atomic mass is 32.1. The molecule has 3 N–H and O–H groups in total. The molecule has 16 heteroatoms. The highest BCUT2D eigenvalue weighted by molar-refractivity contribution is 7.09. The van der Waals surface area contributed by atoms with Gasteiger partial charge >= 0.3 is 24.3 Å². The normalized spacial score (nSPS) is 21.8. The molecule has 1 spiro atoms. The second kappa shape index (κ2) is 13.0. The molecule has 2 aliphatic heterocycles. The Balaban J connectivity index is 0.000000286. The van der Waals surface area contributed by atoms with Gasteiger partial charge in [-0.2, -0.15) is 26.3 Å². The zero-order valence-electron chi connectivity index (χ0n) is 19.1. The van der Waals surface area contributed by atoms with Crippen LogP contribution in [0.1, 0.15) is 24.1 Å². The minimum absolute atomic E-state index is 0.00194. The van der Waals surface area contributed by atoms with Crippen LogP contribution < -0.4 is 5.32 Å². The number of rotatable bonds is 4. The monoisotopic (exact) mass is 558 g/mol. The predicted octanol–water partition coefficient (Wildman–Crippen LogP) is 4.04. The molecule has 2 aromatic heterocycles. The van der Waals surface area contributed by atoms with E-state index in [0.29, 0.717) is 12.0 Å². The van der Waals surface area contributed by atoms with Crippen LogP contribution in [0.3, 0.4) is 0 Å². The molecular weight excluding hydrogens is 534 g/mol. The molecular formula is C21H24F6N4O5S. The maximum absolute atomic E-state index is 10.6. The SMILES string of the molecule is O=C(O)C(F)(F)F.O=C(O)C(F)(F)F.c1cnc(NC2COC3(CCCN(Cc4cccs4)C3)C2)nc1. The molecule has 2 fully saturated rings. The van der Waals surface area contributed by atoms with Crippen molar-refractivity contribution in [3.8, 4) is 0 Å². The van der Waals surface area contributed by atoms with Crippen LogP contribution in [0.15, 0.2) is 36.0 Å². The smallest absolute Gasteiger partial charge is 0.475 e. The van der Waals surface area contributed by atoms with Gasteiger partial charge in [0.25, 0.3) is 0 Å². The fourth-order valence-electron chi connectivity index (χ4n) is 3.73. The summed E-state index contributed by atoms with van der Waals surface area (Å²) in [4.78, 5) is 30.3. The fourth-order valence-corrected chi connectivity index (χ4v) is 4.47. The van der Waals surface area contributed by atoms with Crippen LogP contribution >= 0.6 is 11.3 Å². The van der Waals surface area contributed by atoms with E-state index in [9.17, 15) is 26.3 Å². The molecule has 0 aromatic carbocycles. The molecule has 206 valence electrons. The number of aromatic nitrogens is 2. The van der Waals surface area contributed by atoms with Crippen LogP contribution in [0, 0.1) is 0 Å². The van der Waals surface area contributed by atoms with E-state index in [0.717, 1.165) is 32.5 Å². The summed E-state index contributed by atoms with van der Waals surface area (Å²) in [5.74, 6) is -4.82. The highest BCUT2D eigenvalue weighted by Gasteiger charge is 2.43. The van der Waals surface area contributed by atoms with Crippen molar-refractivity contribution in [1.82, 2.24) is 14.9 Å². The Hall–Kier alpha value is -2.98. The first-order chi connectivity index (χ1) is 17.2. The van der Waals surface area contributed by atoms with E-state index in [1.807, 2.05) is 17.4 Å². The number of likely N-dealkylation sites (tertiary alicyclic amines) is 1. The number of hydrogen-bond acceptors (Lipinski definition) is 8. The number of anilines is 1. The lowest BCUT2D eigenvalue weighted by Gasteiger charge is -2.39. The predicted molar refractivity (Wildman–Crippen MR) is 119 cm³/mol. The van der Waals surface area contributed by atoms with Gasteiger partial charge in [-0.1, -0.05) is 6.07 Å². The van der Waals surface area contributed by atoms with Crippen molar-refractivity contribution in [2.24, 2.45) is 0 Å². The van der Waals surface area contributed by atoms with Gasteiger partial charge in [0.05, 0.1) is 18.2 Å². The van der Waals surface area contributed by atoms with Gasteiger partial charge in [0.2, 0.25) is 5.95 Å². The second-order valence-electron chi connectivity index (χ2n) is 8.11. The van der Waals surface area contributed by atoms with E-state index in [1.54, 1.807) is 12.4 Å². The van der Waals surface area contributed by atoms with Gasteiger partial charge < -0.3 is 20.3 Å². The number of aliphatic carboxylic acids is 2. The molecule has 2 aromatic rings. The van der Waals surface area contributed by atoms with Crippen molar-refractivity contribution in [3.63, 3.8) is 0 Å². The number of carboxylic acids is 2. The summed E-state index contributed by atoms with van der Waals surface area (Å²) in [6.07, 6.45) is -3.23. The minimum Gasteiger partial charge on any atom is -0.475 e. The maximum Gasteiger partial charge on any atom is 0.490 e. The molecule has 0 radical (unpaired) electrons. The quantitative estimate of drug-likeness (QED) is 0.477. The first-order valence-electron chi connectivity index (χ1n) is 10.7. The van der Waals surface area contributed by atoms with Gasteiger partial charge in [0, 0.05) is 36.8 Å². The lowest BCUT2D eigenvalue weighted by atomic mass is 9.88. The Morgan fingerprint density at radius 1 is 1.11 bits per heavy atom. The van der Waals surface area contributed by atoms with Crippen molar-refractivity contribution in [1.29, 1.82) is 0 Å². The standard InChI is InChI=1S/C17H22N4OS.2C2HF3O2/c1-4-15(23-9-1)11-21-8-2-5-17(13-21)10-14(12-22-17)20-16-18-6-3-7-19-16;2*3-2(4,5)1(6)7/h1,3-4,6-7,9,14H,2,5,8,10-13H2,(H,18,19,20);2*(H,6,7). The van der Waals surface area contributed by atoms with Gasteiger partial charge in [-0.25, -0.2) is 19.6 Å². The number of carboxylic acid groups (broad SMARTS) is 2. The molecule has 0 saturated carbocycles. The third-order valence-corrected chi connectivity index (χ3v) is 6.03. The van der Waals surface area contributed by atoms with Crippen LogP contribution in [0.4, 0.5) is 32.3 Å². The van der Waals surface area contributed by atoms with Crippen LogP contribution in [-0.4, -0.2) is 80.7 Å². The van der Waals surface area contributed by atoms with Gasteiger partial charge in [0.15, 0.2) is 0 Å². The molecule has 0 aliphatic carbocycles. The first-order valence-corrected chi connectivity index (χ1v) is 11.6. The number of ether oxygens (including phenoxy) is 1.